The fourth-order valence-electron chi connectivity index (χ4n) is 2.40. The first kappa shape index (κ1) is 18.1. The summed E-state index contributed by atoms with van der Waals surface area (Å²) in [5.41, 5.74) is 2.56. The number of benzene rings is 1. The van der Waals surface area contributed by atoms with Crippen LogP contribution in [0.3, 0.4) is 0 Å². The van der Waals surface area contributed by atoms with Gasteiger partial charge in [0.1, 0.15) is 0 Å². The molecule has 120 valence electrons. The molecular weight excluding hydrogens is 262 g/mol. The Balaban J connectivity index is 2.15. The van der Waals surface area contributed by atoms with Crippen LogP contribution in [0.1, 0.15) is 56.7 Å². The van der Waals surface area contributed by atoms with Gasteiger partial charge in [0.05, 0.1) is 12.7 Å². The van der Waals surface area contributed by atoms with Crippen LogP contribution in [-0.4, -0.2) is 31.0 Å². The fraction of sp³-hybridized carbons (Fsp3) is 0.667. The van der Waals surface area contributed by atoms with Crippen molar-refractivity contribution < 1.29 is 9.84 Å². The molecular formula is C18H31NO2. The Kier molecular flexibility index (Phi) is 9.31. The fourth-order valence-corrected chi connectivity index (χ4v) is 2.40. The number of unbranched alkanes of at least 4 members (excludes halogenated alkanes) is 3. The van der Waals surface area contributed by atoms with Crippen molar-refractivity contribution in [2.75, 3.05) is 19.8 Å². The molecule has 1 rings (SSSR count). The van der Waals surface area contributed by atoms with Gasteiger partial charge in [0.15, 0.2) is 0 Å². The third-order valence-electron chi connectivity index (χ3n) is 3.77. The van der Waals surface area contributed by atoms with Crippen molar-refractivity contribution in [2.45, 2.75) is 58.6 Å². The zero-order valence-corrected chi connectivity index (χ0v) is 13.8. The number of aryl methyl sites for hydroxylation is 1. The van der Waals surface area contributed by atoms with E-state index in [-0.39, 0.29) is 6.04 Å². The Labute approximate surface area is 129 Å². The summed E-state index contributed by atoms with van der Waals surface area (Å²) in [4.78, 5) is 0. The van der Waals surface area contributed by atoms with Gasteiger partial charge in [0, 0.05) is 19.2 Å². The number of aliphatic hydroxyl groups is 1. The highest BCUT2D eigenvalue weighted by atomic mass is 16.5. The molecule has 0 aliphatic carbocycles. The zero-order chi connectivity index (χ0) is 15.5. The van der Waals surface area contributed by atoms with E-state index in [9.17, 15) is 5.11 Å². The topological polar surface area (TPSA) is 41.5 Å². The molecule has 3 heteroatoms. The zero-order valence-electron chi connectivity index (χ0n) is 13.8. The Hall–Kier alpha value is -0.900. The van der Waals surface area contributed by atoms with Crippen LogP contribution in [0.5, 0.6) is 0 Å². The van der Waals surface area contributed by atoms with E-state index in [2.05, 4.69) is 44.3 Å². The predicted molar refractivity (Wildman–Crippen MR) is 88.6 cm³/mol. The van der Waals surface area contributed by atoms with Gasteiger partial charge in [-0.1, -0.05) is 50.5 Å². The second-order valence-corrected chi connectivity index (χ2v) is 5.78. The average Bonchev–Trinajstić information content (AvgIpc) is 2.49. The lowest BCUT2D eigenvalue weighted by atomic mass is 10.0. The maximum absolute atomic E-state index is 9.93. The van der Waals surface area contributed by atoms with E-state index < -0.39 is 6.10 Å². The Morgan fingerprint density at radius 1 is 1.19 bits per heavy atom. The van der Waals surface area contributed by atoms with Crippen molar-refractivity contribution in [1.82, 2.24) is 5.32 Å². The van der Waals surface area contributed by atoms with E-state index in [0.717, 1.165) is 13.0 Å². The number of hydrogen-bond donors (Lipinski definition) is 2. The molecule has 0 spiro atoms. The van der Waals surface area contributed by atoms with Gasteiger partial charge in [-0.15, -0.1) is 0 Å². The summed E-state index contributed by atoms with van der Waals surface area (Å²) in [7, 11) is 0. The van der Waals surface area contributed by atoms with Crippen LogP contribution in [-0.2, 0) is 4.74 Å². The van der Waals surface area contributed by atoms with Crippen LogP contribution in [0.2, 0.25) is 0 Å². The van der Waals surface area contributed by atoms with Gasteiger partial charge < -0.3 is 15.2 Å². The van der Waals surface area contributed by atoms with Gasteiger partial charge in [-0.3, -0.25) is 0 Å². The lowest BCUT2D eigenvalue weighted by molar-refractivity contribution is 0.0343. The monoisotopic (exact) mass is 293 g/mol. The van der Waals surface area contributed by atoms with Crippen LogP contribution in [0.15, 0.2) is 24.3 Å². The first-order valence-electron chi connectivity index (χ1n) is 8.19. The first-order valence-corrected chi connectivity index (χ1v) is 8.19. The molecule has 3 nitrogen and oxygen atoms in total. The molecule has 0 saturated heterocycles. The van der Waals surface area contributed by atoms with Gasteiger partial charge >= 0.3 is 0 Å². The summed E-state index contributed by atoms with van der Waals surface area (Å²) >= 11 is 0. The largest absolute Gasteiger partial charge is 0.389 e. The van der Waals surface area contributed by atoms with Crippen molar-refractivity contribution in [2.24, 2.45) is 0 Å². The molecule has 0 aromatic heterocycles. The minimum absolute atomic E-state index is 0.241. The molecule has 21 heavy (non-hydrogen) atoms. The van der Waals surface area contributed by atoms with Crippen LogP contribution >= 0.6 is 0 Å². The van der Waals surface area contributed by atoms with E-state index >= 15 is 0 Å². The van der Waals surface area contributed by atoms with Crippen molar-refractivity contribution in [3.63, 3.8) is 0 Å². The highest BCUT2D eigenvalue weighted by Gasteiger charge is 2.10. The Bertz CT molecular complexity index is 381. The van der Waals surface area contributed by atoms with E-state index in [4.69, 9.17) is 4.74 Å². The summed E-state index contributed by atoms with van der Waals surface area (Å²) in [6.07, 6.45) is 4.37. The third-order valence-corrected chi connectivity index (χ3v) is 3.77. The summed E-state index contributed by atoms with van der Waals surface area (Å²) in [6, 6.07) is 8.58. The van der Waals surface area contributed by atoms with Crippen molar-refractivity contribution >= 4 is 0 Å². The first-order chi connectivity index (χ1) is 10.1. The quantitative estimate of drug-likeness (QED) is 0.613. The van der Waals surface area contributed by atoms with Gasteiger partial charge in [0.2, 0.25) is 0 Å². The maximum Gasteiger partial charge on any atom is 0.0897 e. The van der Waals surface area contributed by atoms with E-state index in [0.29, 0.717) is 13.2 Å². The van der Waals surface area contributed by atoms with Gasteiger partial charge in [-0.2, -0.15) is 0 Å². The molecule has 0 radical (unpaired) electrons. The molecule has 1 aromatic rings. The molecule has 2 N–H and O–H groups in total. The van der Waals surface area contributed by atoms with E-state index in [1.807, 2.05) is 6.07 Å². The van der Waals surface area contributed by atoms with Crippen LogP contribution < -0.4 is 5.32 Å². The lowest BCUT2D eigenvalue weighted by Crippen LogP contribution is -2.32. The lowest BCUT2D eigenvalue weighted by Gasteiger charge is -2.19. The second kappa shape index (κ2) is 10.8. The average molecular weight is 293 g/mol. The molecule has 0 bridgehead atoms. The second-order valence-electron chi connectivity index (χ2n) is 5.78. The van der Waals surface area contributed by atoms with Crippen LogP contribution in [0.25, 0.3) is 0 Å². The predicted octanol–water partition coefficient (Wildman–Crippen LogP) is 3.60. The molecule has 2 unspecified atom stereocenters. The summed E-state index contributed by atoms with van der Waals surface area (Å²) in [5, 5.41) is 13.3. The molecule has 0 aliphatic rings. The SMILES string of the molecule is CCCCCCOCC(O)CNC(C)c1ccccc1C. The Morgan fingerprint density at radius 3 is 2.67 bits per heavy atom. The summed E-state index contributed by atoms with van der Waals surface area (Å²) in [6.45, 7) is 8.17. The number of hydrogen-bond acceptors (Lipinski definition) is 3. The molecule has 0 amide bonds. The number of nitrogens with one attached hydrogen (secondary N) is 1. The number of rotatable bonds is 11. The highest BCUT2D eigenvalue weighted by Crippen LogP contribution is 2.16. The molecule has 2 atom stereocenters. The van der Waals surface area contributed by atoms with E-state index in [1.54, 1.807) is 0 Å². The number of ether oxygens (including phenoxy) is 1. The molecule has 0 saturated carbocycles. The Morgan fingerprint density at radius 2 is 1.95 bits per heavy atom. The van der Waals surface area contributed by atoms with Gasteiger partial charge in [-0.05, 0) is 31.4 Å². The summed E-state index contributed by atoms with van der Waals surface area (Å²) in [5.74, 6) is 0. The molecule has 0 heterocycles. The smallest absolute Gasteiger partial charge is 0.0897 e. The molecule has 0 fully saturated rings. The third kappa shape index (κ3) is 7.60. The maximum atomic E-state index is 9.93. The molecule has 1 aromatic carbocycles. The van der Waals surface area contributed by atoms with Crippen molar-refractivity contribution in [1.29, 1.82) is 0 Å². The van der Waals surface area contributed by atoms with Crippen molar-refractivity contribution in [3.8, 4) is 0 Å². The van der Waals surface area contributed by atoms with Crippen LogP contribution in [0.4, 0.5) is 0 Å². The summed E-state index contributed by atoms with van der Waals surface area (Å²) < 4.78 is 5.51. The van der Waals surface area contributed by atoms with Gasteiger partial charge in [-0.25, -0.2) is 0 Å². The van der Waals surface area contributed by atoms with Gasteiger partial charge in [0.25, 0.3) is 0 Å². The standard InChI is InChI=1S/C18H31NO2/c1-4-5-6-9-12-21-14-17(20)13-19-16(3)18-11-8-7-10-15(18)2/h7-8,10-11,16-17,19-20H,4-6,9,12-14H2,1-3H3. The minimum Gasteiger partial charge on any atom is -0.389 e. The van der Waals surface area contributed by atoms with Crippen molar-refractivity contribution in [3.05, 3.63) is 35.4 Å². The van der Waals surface area contributed by atoms with Crippen LogP contribution in [0, 0.1) is 6.92 Å². The highest BCUT2D eigenvalue weighted by molar-refractivity contribution is 5.28. The molecule has 0 aliphatic heterocycles. The number of aliphatic hydroxyl groups excluding tert-OH is 1. The van der Waals surface area contributed by atoms with E-state index in [1.165, 1.54) is 30.4 Å². The minimum atomic E-state index is -0.442. The normalized spacial score (nSPS) is 14.1.